The van der Waals surface area contributed by atoms with E-state index < -0.39 is 0 Å². The molecule has 4 nitrogen and oxygen atoms in total. The Labute approximate surface area is 79.8 Å². The first-order valence-corrected chi connectivity index (χ1v) is 4.60. The maximum absolute atomic E-state index is 11.3. The van der Waals surface area contributed by atoms with Gasteiger partial charge in [-0.05, 0) is 20.8 Å². The van der Waals surface area contributed by atoms with Gasteiger partial charge in [0.1, 0.15) is 0 Å². The first-order valence-electron chi connectivity index (χ1n) is 4.60. The average Bonchev–Trinajstić information content (AvgIpc) is 2.14. The van der Waals surface area contributed by atoms with Crippen molar-refractivity contribution in [2.24, 2.45) is 0 Å². The molecule has 0 aromatic heterocycles. The minimum atomic E-state index is -0.270. The molecule has 1 amide bonds. The van der Waals surface area contributed by atoms with E-state index in [0.717, 1.165) is 0 Å². The second kappa shape index (κ2) is 6.71. The zero-order valence-corrected chi connectivity index (χ0v) is 8.87. The lowest BCUT2D eigenvalue weighted by atomic mass is 10.3. The van der Waals surface area contributed by atoms with E-state index in [2.05, 4.69) is 0 Å². The van der Waals surface area contributed by atoms with Crippen LogP contribution in [0, 0.1) is 0 Å². The number of amides is 1. The molecule has 0 rings (SSSR count). The van der Waals surface area contributed by atoms with Crippen molar-refractivity contribution < 1.29 is 14.3 Å². The summed E-state index contributed by atoms with van der Waals surface area (Å²) in [6.07, 6.45) is -0.224. The Kier molecular flexibility index (Phi) is 6.32. The lowest BCUT2D eigenvalue weighted by molar-refractivity contribution is 0.0616. The van der Waals surface area contributed by atoms with Crippen molar-refractivity contribution in [3.05, 3.63) is 0 Å². The van der Waals surface area contributed by atoms with Crippen LogP contribution in [-0.2, 0) is 9.47 Å². The topological polar surface area (TPSA) is 38.8 Å². The summed E-state index contributed by atoms with van der Waals surface area (Å²) in [6.45, 7) is 7.27. The van der Waals surface area contributed by atoms with Crippen molar-refractivity contribution in [1.29, 1.82) is 0 Å². The number of nitrogens with zero attached hydrogens (tertiary/aromatic N) is 1. The van der Waals surface area contributed by atoms with Crippen LogP contribution in [0.2, 0.25) is 0 Å². The predicted octanol–water partition coefficient (Wildman–Crippen LogP) is 1.50. The Morgan fingerprint density at radius 2 is 2.08 bits per heavy atom. The second-order valence-electron chi connectivity index (χ2n) is 2.78. The summed E-state index contributed by atoms with van der Waals surface area (Å²) >= 11 is 0. The van der Waals surface area contributed by atoms with Crippen molar-refractivity contribution in [1.82, 2.24) is 4.90 Å². The lowest BCUT2D eigenvalue weighted by Crippen LogP contribution is -2.37. The third-order valence-electron chi connectivity index (χ3n) is 1.79. The van der Waals surface area contributed by atoms with Crippen LogP contribution in [0.5, 0.6) is 0 Å². The molecule has 0 aromatic rings. The molecule has 4 heteroatoms. The highest BCUT2D eigenvalue weighted by molar-refractivity contribution is 5.67. The molecule has 1 unspecified atom stereocenters. The minimum absolute atomic E-state index is 0.0457. The number of likely N-dealkylation sites (N-methyl/N-ethyl adjacent to an activating group) is 1. The first-order chi connectivity index (χ1) is 6.15. The summed E-state index contributed by atoms with van der Waals surface area (Å²) in [4.78, 5) is 12.9. The van der Waals surface area contributed by atoms with Crippen molar-refractivity contribution in [2.45, 2.75) is 26.9 Å². The van der Waals surface area contributed by atoms with Gasteiger partial charge in [-0.25, -0.2) is 4.79 Å². The van der Waals surface area contributed by atoms with Gasteiger partial charge in [0.25, 0.3) is 0 Å². The van der Waals surface area contributed by atoms with Crippen molar-refractivity contribution in [2.75, 3.05) is 26.8 Å². The minimum Gasteiger partial charge on any atom is -0.450 e. The van der Waals surface area contributed by atoms with Crippen LogP contribution in [0.15, 0.2) is 0 Å². The summed E-state index contributed by atoms with van der Waals surface area (Å²) in [5.41, 5.74) is 0. The highest BCUT2D eigenvalue weighted by Crippen LogP contribution is 1.98. The van der Waals surface area contributed by atoms with Crippen LogP contribution in [0.25, 0.3) is 0 Å². The zero-order valence-electron chi connectivity index (χ0n) is 8.87. The van der Waals surface area contributed by atoms with Gasteiger partial charge in [-0.2, -0.15) is 0 Å². The monoisotopic (exact) mass is 189 g/mol. The number of rotatable bonds is 5. The second-order valence-corrected chi connectivity index (χ2v) is 2.78. The van der Waals surface area contributed by atoms with Gasteiger partial charge in [0.2, 0.25) is 0 Å². The molecule has 13 heavy (non-hydrogen) atoms. The van der Waals surface area contributed by atoms with Crippen LogP contribution in [0.3, 0.4) is 0 Å². The van der Waals surface area contributed by atoms with E-state index in [1.165, 1.54) is 0 Å². The predicted molar refractivity (Wildman–Crippen MR) is 50.7 cm³/mol. The molecule has 0 bridgehead atoms. The Balaban J connectivity index is 3.94. The van der Waals surface area contributed by atoms with Gasteiger partial charge in [-0.15, -0.1) is 0 Å². The quantitative estimate of drug-likeness (QED) is 0.658. The highest BCUT2D eigenvalue weighted by Gasteiger charge is 2.14. The molecule has 0 aliphatic heterocycles. The van der Waals surface area contributed by atoms with E-state index in [9.17, 15) is 4.79 Å². The summed E-state index contributed by atoms with van der Waals surface area (Å²) < 4.78 is 9.93. The van der Waals surface area contributed by atoms with Gasteiger partial charge < -0.3 is 14.4 Å². The van der Waals surface area contributed by atoms with Crippen LogP contribution >= 0.6 is 0 Å². The van der Waals surface area contributed by atoms with E-state index in [1.54, 1.807) is 18.9 Å². The molecule has 0 spiro atoms. The third-order valence-corrected chi connectivity index (χ3v) is 1.79. The molecule has 0 aromatic carbocycles. The smallest absolute Gasteiger partial charge is 0.409 e. The molecule has 0 aliphatic carbocycles. The number of ether oxygens (including phenoxy) is 2. The fraction of sp³-hybridized carbons (Fsp3) is 0.889. The maximum Gasteiger partial charge on any atom is 0.409 e. The van der Waals surface area contributed by atoms with Gasteiger partial charge in [0, 0.05) is 20.2 Å². The molecule has 78 valence electrons. The summed E-state index contributed by atoms with van der Waals surface area (Å²) in [5, 5.41) is 0. The average molecular weight is 189 g/mol. The Bertz CT molecular complexity index is 150. The molecule has 1 atom stereocenters. The Morgan fingerprint density at radius 1 is 1.46 bits per heavy atom. The van der Waals surface area contributed by atoms with Gasteiger partial charge in [-0.1, -0.05) is 0 Å². The van der Waals surface area contributed by atoms with Gasteiger partial charge in [-0.3, -0.25) is 0 Å². The number of hydrogen-bond acceptors (Lipinski definition) is 3. The van der Waals surface area contributed by atoms with Crippen LogP contribution < -0.4 is 0 Å². The van der Waals surface area contributed by atoms with E-state index in [4.69, 9.17) is 9.47 Å². The molecule has 0 N–H and O–H groups in total. The standard InChI is InChI=1S/C9H19NO3/c1-5-10(7-8(3)12-4)9(11)13-6-2/h8H,5-7H2,1-4H3. The highest BCUT2D eigenvalue weighted by atomic mass is 16.6. The molecule has 0 fully saturated rings. The molecular formula is C9H19NO3. The van der Waals surface area contributed by atoms with E-state index in [0.29, 0.717) is 19.7 Å². The SMILES string of the molecule is CCOC(=O)N(CC)CC(C)OC. The lowest BCUT2D eigenvalue weighted by Gasteiger charge is -2.22. The van der Waals surface area contributed by atoms with E-state index >= 15 is 0 Å². The zero-order chi connectivity index (χ0) is 10.3. The number of methoxy groups -OCH3 is 1. The largest absolute Gasteiger partial charge is 0.450 e. The van der Waals surface area contributed by atoms with Crippen LogP contribution in [-0.4, -0.2) is 43.9 Å². The van der Waals surface area contributed by atoms with Gasteiger partial charge in [0.05, 0.1) is 12.7 Å². The third kappa shape index (κ3) is 4.72. The number of carbonyl (C=O) groups excluding carboxylic acids is 1. The van der Waals surface area contributed by atoms with Crippen LogP contribution in [0.1, 0.15) is 20.8 Å². The normalized spacial score (nSPS) is 12.3. The van der Waals surface area contributed by atoms with E-state index in [1.807, 2.05) is 13.8 Å². The molecular weight excluding hydrogens is 170 g/mol. The number of carbonyl (C=O) groups is 1. The molecule has 0 heterocycles. The van der Waals surface area contributed by atoms with E-state index in [-0.39, 0.29) is 12.2 Å². The molecule has 0 saturated heterocycles. The van der Waals surface area contributed by atoms with Gasteiger partial charge in [0.15, 0.2) is 0 Å². The Morgan fingerprint density at radius 3 is 2.46 bits per heavy atom. The van der Waals surface area contributed by atoms with Crippen molar-refractivity contribution >= 4 is 6.09 Å². The van der Waals surface area contributed by atoms with Crippen molar-refractivity contribution in [3.8, 4) is 0 Å². The van der Waals surface area contributed by atoms with Crippen LogP contribution in [0.4, 0.5) is 4.79 Å². The molecule has 0 radical (unpaired) electrons. The maximum atomic E-state index is 11.3. The summed E-state index contributed by atoms with van der Waals surface area (Å²) in [7, 11) is 1.63. The molecule has 0 saturated carbocycles. The number of hydrogen-bond donors (Lipinski definition) is 0. The Hall–Kier alpha value is -0.770. The summed E-state index contributed by atoms with van der Waals surface area (Å²) in [6, 6.07) is 0. The van der Waals surface area contributed by atoms with Crippen molar-refractivity contribution in [3.63, 3.8) is 0 Å². The molecule has 0 aliphatic rings. The fourth-order valence-corrected chi connectivity index (χ4v) is 0.932. The first kappa shape index (κ1) is 12.2. The fourth-order valence-electron chi connectivity index (χ4n) is 0.932. The summed E-state index contributed by atoms with van der Waals surface area (Å²) in [5.74, 6) is 0. The van der Waals surface area contributed by atoms with Gasteiger partial charge >= 0.3 is 6.09 Å².